The number of ketones is 1. The van der Waals surface area contributed by atoms with Crippen LogP contribution in [0.15, 0.2) is 36.4 Å². The Hall–Kier alpha value is -2.69. The van der Waals surface area contributed by atoms with E-state index in [2.05, 4.69) is 0 Å². The third kappa shape index (κ3) is 2.45. The highest BCUT2D eigenvalue weighted by Gasteiger charge is 2.45. The molecule has 2 aromatic carbocycles. The quantitative estimate of drug-likeness (QED) is 0.756. The van der Waals surface area contributed by atoms with E-state index in [-0.39, 0.29) is 28.9 Å². The van der Waals surface area contributed by atoms with Gasteiger partial charge in [0.25, 0.3) is 0 Å². The van der Waals surface area contributed by atoms with Crippen LogP contribution in [0.1, 0.15) is 28.3 Å². The van der Waals surface area contributed by atoms with Gasteiger partial charge in [-0.1, -0.05) is 12.1 Å². The Kier molecular flexibility index (Phi) is 3.41. The van der Waals surface area contributed by atoms with Crippen molar-refractivity contribution in [3.8, 4) is 23.0 Å². The largest absolute Gasteiger partial charge is 0.508 e. The minimum absolute atomic E-state index is 0.0750. The Bertz CT molecular complexity index is 697. The number of rotatable bonds is 4. The molecule has 5 nitrogen and oxygen atoms in total. The van der Waals surface area contributed by atoms with Gasteiger partial charge in [0.15, 0.2) is 5.78 Å². The van der Waals surface area contributed by atoms with Crippen LogP contribution in [0.5, 0.6) is 23.0 Å². The number of ether oxygens (including phenoxy) is 1. The van der Waals surface area contributed by atoms with Crippen LogP contribution in [-0.2, 0) is 0 Å². The number of methoxy groups -OCH3 is 1. The van der Waals surface area contributed by atoms with E-state index in [0.717, 1.165) is 23.4 Å². The molecule has 0 aliphatic heterocycles. The van der Waals surface area contributed by atoms with Gasteiger partial charge in [-0.2, -0.15) is 0 Å². The molecule has 0 heterocycles. The van der Waals surface area contributed by atoms with Crippen LogP contribution in [0, 0.1) is 5.92 Å². The zero-order chi connectivity index (χ0) is 15.9. The van der Waals surface area contributed by atoms with Crippen LogP contribution < -0.4 is 4.74 Å². The summed E-state index contributed by atoms with van der Waals surface area (Å²) in [7, 11) is 1.59. The fraction of sp³-hybridized carbons (Fsp3) is 0.235. The maximum absolute atomic E-state index is 12.4. The van der Waals surface area contributed by atoms with Crippen molar-refractivity contribution in [1.82, 2.24) is 0 Å². The highest BCUT2D eigenvalue weighted by atomic mass is 16.5. The number of aromatic hydroxyl groups is 3. The molecule has 1 aliphatic rings. The SMILES string of the molecule is COc1ccc(C2C[C@@H]2C(=O)c2c(O)cc(O)cc2O)cc1. The molecule has 3 N–H and O–H groups in total. The third-order valence-electron chi connectivity index (χ3n) is 4.00. The van der Waals surface area contributed by atoms with Crippen molar-refractivity contribution >= 4 is 5.78 Å². The maximum atomic E-state index is 12.4. The van der Waals surface area contributed by atoms with E-state index >= 15 is 0 Å². The van der Waals surface area contributed by atoms with E-state index in [0.29, 0.717) is 6.42 Å². The molecule has 5 heteroatoms. The molecule has 0 radical (unpaired) electrons. The number of benzene rings is 2. The number of hydrogen-bond donors (Lipinski definition) is 3. The van der Waals surface area contributed by atoms with Gasteiger partial charge < -0.3 is 20.1 Å². The van der Waals surface area contributed by atoms with Gasteiger partial charge in [0.1, 0.15) is 28.6 Å². The topological polar surface area (TPSA) is 87.0 Å². The number of phenols is 3. The van der Waals surface area contributed by atoms with Crippen molar-refractivity contribution in [3.05, 3.63) is 47.5 Å². The van der Waals surface area contributed by atoms with Crippen molar-refractivity contribution in [1.29, 1.82) is 0 Å². The molecule has 2 atom stereocenters. The second-order valence-electron chi connectivity index (χ2n) is 5.45. The van der Waals surface area contributed by atoms with Gasteiger partial charge in [0, 0.05) is 18.1 Å². The highest BCUT2D eigenvalue weighted by molar-refractivity contribution is 6.04. The first kappa shape index (κ1) is 14.3. The van der Waals surface area contributed by atoms with Crippen LogP contribution in [0.25, 0.3) is 0 Å². The third-order valence-corrected chi connectivity index (χ3v) is 4.00. The lowest BCUT2D eigenvalue weighted by Crippen LogP contribution is -2.04. The summed E-state index contributed by atoms with van der Waals surface area (Å²) in [5.74, 6) is -0.836. The summed E-state index contributed by atoms with van der Waals surface area (Å²) in [5.41, 5.74) is 0.899. The Labute approximate surface area is 127 Å². The summed E-state index contributed by atoms with van der Waals surface area (Å²) < 4.78 is 5.10. The second kappa shape index (κ2) is 5.26. The van der Waals surface area contributed by atoms with E-state index in [1.54, 1.807) is 7.11 Å². The molecule has 0 amide bonds. The maximum Gasteiger partial charge on any atom is 0.174 e. The molecule has 1 unspecified atom stereocenters. The monoisotopic (exact) mass is 300 g/mol. The van der Waals surface area contributed by atoms with Gasteiger partial charge in [0.05, 0.1) is 7.11 Å². The molecule has 0 bridgehead atoms. The first-order chi connectivity index (χ1) is 10.5. The van der Waals surface area contributed by atoms with E-state index in [1.165, 1.54) is 0 Å². The van der Waals surface area contributed by atoms with Gasteiger partial charge in [-0.15, -0.1) is 0 Å². The molecule has 1 saturated carbocycles. The molecule has 22 heavy (non-hydrogen) atoms. The first-order valence-electron chi connectivity index (χ1n) is 6.94. The zero-order valence-corrected chi connectivity index (χ0v) is 12.0. The lowest BCUT2D eigenvalue weighted by atomic mass is 10.0. The summed E-state index contributed by atoms with van der Waals surface area (Å²) in [4.78, 5) is 12.4. The second-order valence-corrected chi connectivity index (χ2v) is 5.45. The average Bonchev–Trinajstić information content (AvgIpc) is 3.26. The Balaban J connectivity index is 1.81. The molecule has 0 saturated heterocycles. The van der Waals surface area contributed by atoms with Crippen molar-refractivity contribution in [3.63, 3.8) is 0 Å². The minimum atomic E-state index is -0.400. The lowest BCUT2D eigenvalue weighted by Gasteiger charge is -2.07. The standard InChI is InChI=1S/C17H16O5/c1-22-11-4-2-9(3-5-11)12-8-13(12)17(21)16-14(19)6-10(18)7-15(16)20/h2-7,12-13,18-20H,8H2,1H3/t12?,13-/m0/s1. The molecule has 0 spiro atoms. The molecular formula is C17H16O5. The van der Waals surface area contributed by atoms with Crippen molar-refractivity contribution in [2.45, 2.75) is 12.3 Å². The van der Waals surface area contributed by atoms with Crippen molar-refractivity contribution in [2.24, 2.45) is 5.92 Å². The lowest BCUT2D eigenvalue weighted by molar-refractivity contribution is 0.0960. The van der Waals surface area contributed by atoms with E-state index in [9.17, 15) is 20.1 Å². The van der Waals surface area contributed by atoms with Crippen LogP contribution in [0.4, 0.5) is 0 Å². The number of carbonyl (C=O) groups is 1. The Morgan fingerprint density at radius 2 is 1.68 bits per heavy atom. The van der Waals surface area contributed by atoms with Crippen LogP contribution in [-0.4, -0.2) is 28.2 Å². The number of phenolic OH excluding ortho intramolecular Hbond substituents is 3. The summed E-state index contributed by atoms with van der Waals surface area (Å²) in [6, 6.07) is 9.60. The summed E-state index contributed by atoms with van der Waals surface area (Å²) in [5, 5.41) is 28.9. The van der Waals surface area contributed by atoms with Gasteiger partial charge in [-0.25, -0.2) is 0 Å². The van der Waals surface area contributed by atoms with Crippen LogP contribution >= 0.6 is 0 Å². The van der Waals surface area contributed by atoms with Crippen LogP contribution in [0.2, 0.25) is 0 Å². The number of hydrogen-bond acceptors (Lipinski definition) is 5. The smallest absolute Gasteiger partial charge is 0.174 e. The van der Waals surface area contributed by atoms with E-state index < -0.39 is 11.5 Å². The Morgan fingerprint density at radius 1 is 1.09 bits per heavy atom. The van der Waals surface area contributed by atoms with Crippen LogP contribution in [0.3, 0.4) is 0 Å². The molecule has 0 aromatic heterocycles. The molecular weight excluding hydrogens is 284 g/mol. The fourth-order valence-electron chi connectivity index (χ4n) is 2.74. The summed E-state index contributed by atoms with van der Waals surface area (Å²) >= 11 is 0. The van der Waals surface area contributed by atoms with Crippen molar-refractivity contribution < 1.29 is 24.9 Å². The number of carbonyl (C=O) groups excluding carboxylic acids is 1. The summed E-state index contributed by atoms with van der Waals surface area (Å²) in [6.45, 7) is 0. The predicted molar refractivity (Wildman–Crippen MR) is 79.6 cm³/mol. The van der Waals surface area contributed by atoms with Gasteiger partial charge >= 0.3 is 0 Å². The normalized spacial score (nSPS) is 19.7. The molecule has 1 fully saturated rings. The molecule has 1 aliphatic carbocycles. The predicted octanol–water partition coefficient (Wildman–Crippen LogP) is 2.80. The average molecular weight is 300 g/mol. The highest BCUT2D eigenvalue weighted by Crippen LogP contribution is 2.51. The van der Waals surface area contributed by atoms with Gasteiger partial charge in [-0.05, 0) is 30.0 Å². The summed E-state index contributed by atoms with van der Waals surface area (Å²) in [6.07, 6.45) is 0.672. The van der Waals surface area contributed by atoms with Crippen molar-refractivity contribution in [2.75, 3.05) is 7.11 Å². The molecule has 2 aromatic rings. The minimum Gasteiger partial charge on any atom is -0.508 e. The van der Waals surface area contributed by atoms with Gasteiger partial charge in [-0.3, -0.25) is 4.79 Å². The Morgan fingerprint density at radius 3 is 2.23 bits per heavy atom. The van der Waals surface area contributed by atoms with Gasteiger partial charge in [0.2, 0.25) is 0 Å². The molecule has 114 valence electrons. The van der Waals surface area contributed by atoms with E-state index in [1.807, 2.05) is 24.3 Å². The zero-order valence-electron chi connectivity index (χ0n) is 12.0. The molecule has 3 rings (SSSR count). The van der Waals surface area contributed by atoms with E-state index in [4.69, 9.17) is 4.74 Å². The first-order valence-corrected chi connectivity index (χ1v) is 6.94. The fourth-order valence-corrected chi connectivity index (χ4v) is 2.74. The number of Topliss-reactive ketones (excluding diaryl/α,β-unsaturated/α-hetero) is 1.